The first-order chi connectivity index (χ1) is 8.47. The monoisotopic (exact) mass is 288 g/mol. The molecule has 2 rings (SSSR count). The molecule has 5 nitrogen and oxygen atoms in total. The van der Waals surface area contributed by atoms with E-state index in [2.05, 4.69) is 4.98 Å². The third-order valence-corrected chi connectivity index (χ3v) is 5.22. The van der Waals surface area contributed by atoms with Crippen molar-refractivity contribution in [3.8, 4) is 0 Å². The summed E-state index contributed by atoms with van der Waals surface area (Å²) in [5, 5.41) is 0. The van der Waals surface area contributed by atoms with Gasteiger partial charge in [-0.05, 0) is 18.8 Å². The van der Waals surface area contributed by atoms with Crippen LogP contribution >= 0.6 is 11.3 Å². The predicted molar refractivity (Wildman–Crippen MR) is 70.2 cm³/mol. The fraction of sp³-hybridized carbons (Fsp3) is 0.636. The maximum Gasteiger partial charge on any atom is 0.211 e. The minimum Gasteiger partial charge on any atom is -0.293 e. The number of Topliss-reactive ketones (excluding diaryl/α,β-unsaturated/α-hetero) is 1. The van der Waals surface area contributed by atoms with Crippen molar-refractivity contribution in [1.29, 1.82) is 0 Å². The molecular weight excluding hydrogens is 272 g/mol. The lowest BCUT2D eigenvalue weighted by Crippen LogP contribution is -2.39. The van der Waals surface area contributed by atoms with Crippen molar-refractivity contribution < 1.29 is 13.2 Å². The summed E-state index contributed by atoms with van der Waals surface area (Å²) in [6.45, 7) is 1.04. The van der Waals surface area contributed by atoms with E-state index in [1.807, 2.05) is 0 Å². The largest absolute Gasteiger partial charge is 0.293 e. The number of ketones is 1. The predicted octanol–water partition coefficient (Wildman–Crippen LogP) is 1.39. The molecule has 1 fully saturated rings. The molecule has 1 saturated heterocycles. The second kappa shape index (κ2) is 5.46. The van der Waals surface area contributed by atoms with E-state index in [1.165, 1.54) is 21.9 Å². The van der Waals surface area contributed by atoms with E-state index in [0.717, 1.165) is 12.8 Å². The number of aromatic nitrogens is 1. The van der Waals surface area contributed by atoms with Gasteiger partial charge in [0.05, 0.1) is 16.6 Å². The Balaban J connectivity index is 1.96. The van der Waals surface area contributed by atoms with Crippen molar-refractivity contribution in [1.82, 2.24) is 9.29 Å². The van der Waals surface area contributed by atoms with E-state index in [1.54, 1.807) is 11.7 Å². The molecule has 7 heteroatoms. The summed E-state index contributed by atoms with van der Waals surface area (Å²) in [6, 6.07) is 0. The molecule has 0 radical (unpaired) electrons. The van der Waals surface area contributed by atoms with Crippen LogP contribution in [0.4, 0.5) is 0 Å². The van der Waals surface area contributed by atoms with Gasteiger partial charge in [-0.25, -0.2) is 12.7 Å². The number of carbonyl (C=O) groups excluding carboxylic acids is 1. The normalized spacial score (nSPS) is 21.9. The number of piperidine rings is 1. The van der Waals surface area contributed by atoms with Crippen molar-refractivity contribution in [2.24, 2.45) is 5.92 Å². The fourth-order valence-corrected chi connectivity index (χ4v) is 3.73. The highest BCUT2D eigenvalue weighted by Gasteiger charge is 2.27. The SMILES string of the molecule is CS(=O)(=O)N1CCCC(CC(=O)c2cncs2)C1. The molecule has 1 aromatic rings. The van der Waals surface area contributed by atoms with E-state index < -0.39 is 10.0 Å². The lowest BCUT2D eigenvalue weighted by atomic mass is 9.94. The van der Waals surface area contributed by atoms with Gasteiger partial charge in [-0.3, -0.25) is 9.78 Å². The minimum absolute atomic E-state index is 0.0675. The molecule has 2 heterocycles. The van der Waals surface area contributed by atoms with Crippen LogP contribution in [0, 0.1) is 5.92 Å². The van der Waals surface area contributed by atoms with Gasteiger partial charge in [0.2, 0.25) is 10.0 Å². The van der Waals surface area contributed by atoms with E-state index in [0.29, 0.717) is 24.4 Å². The molecule has 1 atom stereocenters. The number of hydrogen-bond acceptors (Lipinski definition) is 5. The van der Waals surface area contributed by atoms with Crippen molar-refractivity contribution >= 4 is 27.1 Å². The Bertz CT molecular complexity index is 510. The average molecular weight is 288 g/mol. The second-order valence-corrected chi connectivity index (χ2v) is 7.49. The summed E-state index contributed by atoms with van der Waals surface area (Å²) in [6.07, 6.45) is 4.95. The fourth-order valence-electron chi connectivity index (χ4n) is 2.21. The minimum atomic E-state index is -3.14. The Labute approximate surface area is 111 Å². The first-order valence-corrected chi connectivity index (χ1v) is 8.56. The molecule has 0 bridgehead atoms. The van der Waals surface area contributed by atoms with Gasteiger partial charge < -0.3 is 0 Å². The Hall–Kier alpha value is -0.790. The Morgan fingerprint density at radius 2 is 2.39 bits per heavy atom. The zero-order valence-corrected chi connectivity index (χ0v) is 11.8. The zero-order valence-electron chi connectivity index (χ0n) is 10.2. The summed E-state index contributed by atoms with van der Waals surface area (Å²) < 4.78 is 24.4. The molecule has 18 heavy (non-hydrogen) atoms. The summed E-state index contributed by atoms with van der Waals surface area (Å²) in [4.78, 5) is 16.5. The Kier molecular flexibility index (Phi) is 4.14. The summed E-state index contributed by atoms with van der Waals surface area (Å²) in [5.41, 5.74) is 1.64. The molecule has 1 aliphatic heterocycles. The van der Waals surface area contributed by atoms with E-state index in [4.69, 9.17) is 0 Å². The maximum absolute atomic E-state index is 11.9. The zero-order chi connectivity index (χ0) is 13.2. The lowest BCUT2D eigenvalue weighted by molar-refractivity contribution is 0.0946. The maximum atomic E-state index is 11.9. The van der Waals surface area contributed by atoms with Gasteiger partial charge in [-0.1, -0.05) is 0 Å². The Morgan fingerprint density at radius 3 is 3.00 bits per heavy atom. The molecule has 0 aliphatic carbocycles. The van der Waals surface area contributed by atoms with Gasteiger partial charge in [0.25, 0.3) is 0 Å². The number of thiazole rings is 1. The van der Waals surface area contributed by atoms with Crippen LogP contribution in [0.3, 0.4) is 0 Å². The summed E-state index contributed by atoms with van der Waals surface area (Å²) in [5.74, 6) is 0.195. The molecule has 100 valence electrons. The standard InChI is InChI=1S/C11H16N2O3S2/c1-18(15,16)13-4-2-3-9(7-13)5-10(14)11-6-12-8-17-11/h6,8-9H,2-5,7H2,1H3. The van der Waals surface area contributed by atoms with Gasteiger partial charge in [-0.2, -0.15) is 0 Å². The molecule has 1 aliphatic rings. The molecule has 0 N–H and O–H groups in total. The first kappa shape index (κ1) is 13.6. The first-order valence-electron chi connectivity index (χ1n) is 5.83. The number of nitrogens with zero attached hydrogens (tertiary/aromatic N) is 2. The highest BCUT2D eigenvalue weighted by atomic mass is 32.2. The van der Waals surface area contributed by atoms with Gasteiger partial charge in [0, 0.05) is 25.7 Å². The van der Waals surface area contributed by atoms with Crippen LogP contribution < -0.4 is 0 Å². The van der Waals surface area contributed by atoms with Crippen LogP contribution in [0.1, 0.15) is 28.9 Å². The average Bonchev–Trinajstić information content (AvgIpc) is 2.81. The van der Waals surface area contributed by atoms with Crippen LogP contribution in [-0.2, 0) is 10.0 Å². The topological polar surface area (TPSA) is 67.3 Å². The Morgan fingerprint density at radius 1 is 1.61 bits per heavy atom. The van der Waals surface area contributed by atoms with Crippen molar-refractivity contribution in [2.75, 3.05) is 19.3 Å². The van der Waals surface area contributed by atoms with E-state index in [-0.39, 0.29) is 11.7 Å². The second-order valence-electron chi connectivity index (χ2n) is 4.62. The van der Waals surface area contributed by atoms with Gasteiger partial charge in [-0.15, -0.1) is 11.3 Å². The lowest BCUT2D eigenvalue weighted by Gasteiger charge is -2.30. The molecule has 0 saturated carbocycles. The smallest absolute Gasteiger partial charge is 0.211 e. The van der Waals surface area contributed by atoms with Crippen LogP contribution in [0.25, 0.3) is 0 Å². The van der Waals surface area contributed by atoms with Gasteiger partial charge in [0.1, 0.15) is 0 Å². The molecule has 0 aromatic carbocycles. The van der Waals surface area contributed by atoms with E-state index in [9.17, 15) is 13.2 Å². The number of sulfonamides is 1. The molecule has 1 aromatic heterocycles. The number of hydrogen-bond donors (Lipinski definition) is 0. The third kappa shape index (κ3) is 3.37. The number of carbonyl (C=O) groups is 1. The summed E-state index contributed by atoms with van der Waals surface area (Å²) >= 11 is 1.33. The third-order valence-electron chi connectivity index (χ3n) is 3.13. The van der Waals surface area contributed by atoms with Crippen LogP contribution in [0.5, 0.6) is 0 Å². The van der Waals surface area contributed by atoms with Crippen LogP contribution in [0.2, 0.25) is 0 Å². The highest BCUT2D eigenvalue weighted by Crippen LogP contribution is 2.23. The van der Waals surface area contributed by atoms with Crippen LogP contribution in [0.15, 0.2) is 11.7 Å². The molecule has 0 amide bonds. The van der Waals surface area contributed by atoms with Crippen molar-refractivity contribution in [3.05, 3.63) is 16.6 Å². The summed E-state index contributed by atoms with van der Waals surface area (Å²) in [7, 11) is -3.14. The highest BCUT2D eigenvalue weighted by molar-refractivity contribution is 7.88. The van der Waals surface area contributed by atoms with Gasteiger partial charge >= 0.3 is 0 Å². The van der Waals surface area contributed by atoms with Crippen molar-refractivity contribution in [2.45, 2.75) is 19.3 Å². The van der Waals surface area contributed by atoms with Crippen molar-refractivity contribution in [3.63, 3.8) is 0 Å². The van der Waals surface area contributed by atoms with Crippen LogP contribution in [-0.4, -0.2) is 42.8 Å². The van der Waals surface area contributed by atoms with E-state index >= 15 is 0 Å². The van der Waals surface area contributed by atoms with Gasteiger partial charge in [0.15, 0.2) is 5.78 Å². The quantitative estimate of drug-likeness (QED) is 0.785. The number of rotatable bonds is 4. The molecular formula is C11H16N2O3S2. The molecule has 1 unspecified atom stereocenters. The molecule has 0 spiro atoms.